The van der Waals surface area contributed by atoms with Crippen molar-refractivity contribution in [2.24, 2.45) is 5.73 Å². The molecule has 5 nitrogen and oxygen atoms in total. The van der Waals surface area contributed by atoms with E-state index in [1.54, 1.807) is 11.8 Å². The molecule has 2 unspecified atom stereocenters. The first-order valence-corrected chi connectivity index (χ1v) is 7.11. The highest BCUT2D eigenvalue weighted by Gasteiger charge is 2.30. The summed E-state index contributed by atoms with van der Waals surface area (Å²) >= 11 is 1.56. The summed E-state index contributed by atoms with van der Waals surface area (Å²) in [4.78, 5) is 14.6. The first kappa shape index (κ1) is 12.4. The molecule has 0 saturated carbocycles. The van der Waals surface area contributed by atoms with Gasteiger partial charge in [-0.2, -0.15) is 0 Å². The highest BCUT2D eigenvalue weighted by molar-refractivity contribution is 8.01. The van der Waals surface area contributed by atoms with E-state index in [9.17, 15) is 4.79 Å². The van der Waals surface area contributed by atoms with Gasteiger partial charge in [-0.3, -0.25) is 10.1 Å². The average Bonchev–Trinajstić information content (AvgIpc) is 3.04. The third-order valence-electron chi connectivity index (χ3n) is 3.34. The maximum Gasteiger partial charge on any atom is 0.231 e. The number of hydrogen-bond donors (Lipinski definition) is 4. The second-order valence-corrected chi connectivity index (χ2v) is 5.87. The van der Waals surface area contributed by atoms with Crippen molar-refractivity contribution in [1.29, 1.82) is 0 Å². The molecule has 1 aliphatic heterocycles. The van der Waals surface area contributed by atoms with E-state index in [2.05, 4.69) is 27.8 Å². The third-order valence-corrected chi connectivity index (χ3v) is 4.76. The van der Waals surface area contributed by atoms with Gasteiger partial charge in [0.05, 0.1) is 21.8 Å². The van der Waals surface area contributed by atoms with E-state index in [-0.39, 0.29) is 16.5 Å². The normalized spacial score (nSPS) is 22.8. The third kappa shape index (κ3) is 2.17. The van der Waals surface area contributed by atoms with Gasteiger partial charge >= 0.3 is 0 Å². The number of H-pyrrole nitrogens is 1. The fourth-order valence-electron chi connectivity index (χ4n) is 2.35. The minimum atomic E-state index is -0.257. The minimum Gasteiger partial charge on any atom is -0.386 e. The molecule has 1 aliphatic rings. The molecule has 2 aromatic rings. The topological polar surface area (TPSA) is 82.9 Å². The summed E-state index contributed by atoms with van der Waals surface area (Å²) in [6.45, 7) is 0.624. The van der Waals surface area contributed by atoms with Crippen LogP contribution in [-0.2, 0) is 4.79 Å². The standard InChI is InChI=1S/C13H16N4OS/c1-15-8-4-2-3-7-5-9(17-11(7)8)13-16-6-10(19-13)12(14)18/h2-5,10,13,15-17H,6H2,1H3,(H2,14,18). The molecule has 2 heterocycles. The smallest absolute Gasteiger partial charge is 0.231 e. The molecular weight excluding hydrogens is 260 g/mol. The Hall–Kier alpha value is -1.66. The van der Waals surface area contributed by atoms with Crippen LogP contribution in [0, 0.1) is 0 Å². The van der Waals surface area contributed by atoms with Gasteiger partial charge in [-0.1, -0.05) is 12.1 Å². The van der Waals surface area contributed by atoms with Crippen molar-refractivity contribution >= 4 is 34.3 Å². The van der Waals surface area contributed by atoms with Gasteiger partial charge in [0, 0.05) is 24.7 Å². The second-order valence-electron chi connectivity index (χ2n) is 4.56. The van der Waals surface area contributed by atoms with Crippen molar-refractivity contribution in [2.45, 2.75) is 10.6 Å². The van der Waals surface area contributed by atoms with Crippen LogP contribution in [0.4, 0.5) is 5.69 Å². The van der Waals surface area contributed by atoms with Gasteiger partial charge in [0.15, 0.2) is 0 Å². The van der Waals surface area contributed by atoms with Gasteiger partial charge in [-0.15, -0.1) is 11.8 Å². The van der Waals surface area contributed by atoms with Gasteiger partial charge in [-0.05, 0) is 12.1 Å². The molecule has 3 rings (SSSR count). The van der Waals surface area contributed by atoms with Gasteiger partial charge in [0.25, 0.3) is 0 Å². The Labute approximate surface area is 115 Å². The van der Waals surface area contributed by atoms with Crippen molar-refractivity contribution < 1.29 is 4.79 Å². The summed E-state index contributed by atoms with van der Waals surface area (Å²) in [5.41, 5.74) is 8.57. The van der Waals surface area contributed by atoms with Crippen LogP contribution in [-0.4, -0.2) is 29.7 Å². The fraction of sp³-hybridized carbons (Fsp3) is 0.308. The van der Waals surface area contributed by atoms with Crippen molar-refractivity contribution in [3.63, 3.8) is 0 Å². The Kier molecular flexibility index (Phi) is 3.12. The molecule has 5 N–H and O–H groups in total. The fourth-order valence-corrected chi connectivity index (χ4v) is 3.47. The first-order valence-electron chi connectivity index (χ1n) is 6.16. The van der Waals surface area contributed by atoms with E-state index in [0.717, 1.165) is 22.3 Å². The number of hydrogen-bond acceptors (Lipinski definition) is 4. The van der Waals surface area contributed by atoms with Crippen LogP contribution in [0.5, 0.6) is 0 Å². The van der Waals surface area contributed by atoms with Crippen LogP contribution in [0.2, 0.25) is 0 Å². The van der Waals surface area contributed by atoms with Crippen LogP contribution in [0.1, 0.15) is 11.1 Å². The number of nitrogens with two attached hydrogens (primary N) is 1. The van der Waals surface area contributed by atoms with Gasteiger partial charge in [0.2, 0.25) is 5.91 Å². The number of amides is 1. The zero-order valence-electron chi connectivity index (χ0n) is 10.6. The lowest BCUT2D eigenvalue weighted by atomic mass is 10.2. The summed E-state index contributed by atoms with van der Waals surface area (Å²) in [5.74, 6) is -0.257. The molecule has 1 fully saturated rings. The van der Waals surface area contributed by atoms with Crippen LogP contribution in [0.3, 0.4) is 0 Å². The predicted molar refractivity (Wildman–Crippen MR) is 79.2 cm³/mol. The number of nitrogens with one attached hydrogen (secondary N) is 3. The summed E-state index contributed by atoms with van der Waals surface area (Å²) in [6.07, 6.45) is 0. The molecule has 1 aromatic heterocycles. The number of carbonyl (C=O) groups is 1. The Bertz CT molecular complexity index is 624. The Morgan fingerprint density at radius 3 is 3.05 bits per heavy atom. The number of primary amides is 1. The van der Waals surface area contributed by atoms with E-state index in [1.807, 2.05) is 19.2 Å². The Morgan fingerprint density at radius 1 is 1.53 bits per heavy atom. The second kappa shape index (κ2) is 4.79. The Morgan fingerprint density at radius 2 is 2.37 bits per heavy atom. The van der Waals surface area contributed by atoms with Gasteiger partial charge in [-0.25, -0.2) is 0 Å². The molecule has 1 amide bonds. The zero-order chi connectivity index (χ0) is 13.4. The molecule has 0 bridgehead atoms. The highest BCUT2D eigenvalue weighted by Crippen LogP contribution is 2.36. The largest absolute Gasteiger partial charge is 0.386 e. The lowest BCUT2D eigenvalue weighted by Gasteiger charge is -2.07. The molecule has 0 aliphatic carbocycles. The number of para-hydroxylation sites is 1. The quantitative estimate of drug-likeness (QED) is 0.683. The van der Waals surface area contributed by atoms with E-state index < -0.39 is 0 Å². The monoisotopic (exact) mass is 276 g/mol. The maximum atomic E-state index is 11.2. The SMILES string of the molecule is CNc1cccc2cc(C3NCC(C(N)=O)S3)[nH]c12. The summed E-state index contributed by atoms with van der Waals surface area (Å²) in [7, 11) is 1.90. The van der Waals surface area contributed by atoms with Gasteiger partial charge < -0.3 is 16.0 Å². The molecular formula is C13H16N4OS. The summed E-state index contributed by atoms with van der Waals surface area (Å²) in [5, 5.41) is 7.58. The minimum absolute atomic E-state index is 0.0922. The average molecular weight is 276 g/mol. The van der Waals surface area contributed by atoms with Crippen molar-refractivity contribution in [3.8, 4) is 0 Å². The number of carbonyl (C=O) groups excluding carboxylic acids is 1. The van der Waals surface area contributed by atoms with Crippen LogP contribution in [0.25, 0.3) is 10.9 Å². The molecule has 2 atom stereocenters. The van der Waals surface area contributed by atoms with Crippen LogP contribution >= 0.6 is 11.8 Å². The number of rotatable bonds is 3. The molecule has 100 valence electrons. The van der Waals surface area contributed by atoms with Crippen LogP contribution < -0.4 is 16.4 Å². The van der Waals surface area contributed by atoms with E-state index >= 15 is 0 Å². The molecule has 0 radical (unpaired) electrons. The summed E-state index contributed by atoms with van der Waals surface area (Å²) < 4.78 is 0. The van der Waals surface area contributed by atoms with E-state index in [1.165, 1.54) is 0 Å². The van der Waals surface area contributed by atoms with Crippen molar-refractivity contribution in [1.82, 2.24) is 10.3 Å². The predicted octanol–water partition coefficient (Wildman–Crippen LogP) is 1.40. The maximum absolute atomic E-state index is 11.2. The molecule has 19 heavy (non-hydrogen) atoms. The number of aromatic nitrogens is 1. The molecule has 0 spiro atoms. The number of benzene rings is 1. The van der Waals surface area contributed by atoms with E-state index in [4.69, 9.17) is 5.73 Å². The van der Waals surface area contributed by atoms with Crippen LogP contribution in [0.15, 0.2) is 24.3 Å². The van der Waals surface area contributed by atoms with Crippen molar-refractivity contribution in [2.75, 3.05) is 18.9 Å². The summed E-state index contributed by atoms with van der Waals surface area (Å²) in [6, 6.07) is 8.24. The molecule has 6 heteroatoms. The van der Waals surface area contributed by atoms with Crippen molar-refractivity contribution in [3.05, 3.63) is 30.0 Å². The zero-order valence-corrected chi connectivity index (χ0v) is 11.4. The van der Waals surface area contributed by atoms with Gasteiger partial charge in [0.1, 0.15) is 0 Å². The molecule has 1 saturated heterocycles. The lowest BCUT2D eigenvalue weighted by Crippen LogP contribution is -2.28. The Balaban J connectivity index is 1.92. The first-order chi connectivity index (χ1) is 9.19. The number of aromatic amines is 1. The highest BCUT2D eigenvalue weighted by atomic mass is 32.2. The number of fused-ring (bicyclic) bond motifs is 1. The molecule has 1 aromatic carbocycles. The number of thioether (sulfide) groups is 1. The van der Waals surface area contributed by atoms with E-state index in [0.29, 0.717) is 6.54 Å². The lowest BCUT2D eigenvalue weighted by molar-refractivity contribution is -0.117. The number of anilines is 1.